The lowest BCUT2D eigenvalue weighted by Crippen LogP contribution is -2.46. The lowest BCUT2D eigenvalue weighted by Gasteiger charge is -2.18. The molecule has 222 valence electrons. The number of urea groups is 1. The van der Waals surface area contributed by atoms with E-state index in [1.54, 1.807) is 43.0 Å². The van der Waals surface area contributed by atoms with Gasteiger partial charge in [0.25, 0.3) is 5.97 Å². The molecule has 0 aromatic heterocycles. The van der Waals surface area contributed by atoms with E-state index in [4.69, 9.17) is 24.9 Å². The van der Waals surface area contributed by atoms with Gasteiger partial charge < -0.3 is 40.4 Å². The summed E-state index contributed by atoms with van der Waals surface area (Å²) in [5.74, 6) is -1.62. The fourth-order valence-electron chi connectivity index (χ4n) is 3.26. The van der Waals surface area contributed by atoms with Gasteiger partial charge in [-0.1, -0.05) is 0 Å². The Morgan fingerprint density at radius 2 is 1.75 bits per heavy atom. The Bertz CT molecular complexity index is 1030. The number of likely N-dealkylation sites (N-methyl/N-ethyl adjacent to an activating group) is 1. The molecular weight excluding hydrogens is 526 g/mol. The van der Waals surface area contributed by atoms with E-state index in [2.05, 4.69) is 21.4 Å². The van der Waals surface area contributed by atoms with Gasteiger partial charge in [-0.05, 0) is 58.6 Å². The fourth-order valence-corrected chi connectivity index (χ4v) is 3.26. The number of nitrogens with one attached hydrogen (secondary N) is 5. The molecule has 15 nitrogen and oxygen atoms in total. The average molecular weight is 566 g/mol. The smallest absolute Gasteiger partial charge is 0.431 e. The molecule has 2 rings (SSSR count). The molecule has 4 amide bonds. The Kier molecular flexibility index (Phi) is 14.5. The number of carboxylic acids is 1. The van der Waals surface area contributed by atoms with Gasteiger partial charge in [0.15, 0.2) is 5.84 Å². The van der Waals surface area contributed by atoms with Gasteiger partial charge in [-0.3, -0.25) is 19.8 Å². The van der Waals surface area contributed by atoms with E-state index in [1.807, 2.05) is 19.0 Å². The molecular formula is C25H39N7O8. The quantitative estimate of drug-likeness (QED) is 0.101. The zero-order valence-electron chi connectivity index (χ0n) is 23.4. The number of aliphatic carboxylic acids is 1. The summed E-state index contributed by atoms with van der Waals surface area (Å²) in [4.78, 5) is 65.3. The van der Waals surface area contributed by atoms with Crippen molar-refractivity contribution < 1.29 is 38.7 Å². The molecule has 1 fully saturated rings. The van der Waals surface area contributed by atoms with Crippen LogP contribution < -0.4 is 26.3 Å². The van der Waals surface area contributed by atoms with Crippen LogP contribution in [-0.4, -0.2) is 98.2 Å². The lowest BCUT2D eigenvalue weighted by atomic mass is 10.2. The maximum atomic E-state index is 12.8. The molecule has 0 aliphatic carbocycles. The topological polar surface area (TPSA) is 202 Å². The van der Waals surface area contributed by atoms with Gasteiger partial charge in [0.1, 0.15) is 6.04 Å². The Balaban J connectivity index is 0.00000187. The van der Waals surface area contributed by atoms with Crippen LogP contribution in [0, 0.1) is 5.41 Å². The van der Waals surface area contributed by atoms with Crippen LogP contribution in [0.4, 0.5) is 15.3 Å². The third kappa shape index (κ3) is 13.4. The number of hydrogen-bond donors (Lipinski definition) is 6. The number of rotatable bonds is 10. The van der Waals surface area contributed by atoms with Crippen molar-refractivity contribution in [3.8, 4) is 0 Å². The third-order valence-electron chi connectivity index (χ3n) is 5.03. The van der Waals surface area contributed by atoms with Crippen molar-refractivity contribution in [1.82, 2.24) is 26.3 Å². The van der Waals surface area contributed by atoms with Crippen LogP contribution >= 0.6 is 0 Å². The number of esters is 1. The summed E-state index contributed by atoms with van der Waals surface area (Å²) >= 11 is 0. The highest BCUT2D eigenvalue weighted by Gasteiger charge is 2.33. The van der Waals surface area contributed by atoms with E-state index in [-0.39, 0.29) is 30.8 Å². The highest BCUT2D eigenvalue weighted by atomic mass is 16.7. The summed E-state index contributed by atoms with van der Waals surface area (Å²) in [6.45, 7) is 6.14. The minimum Gasteiger partial charge on any atom is -0.481 e. The Morgan fingerprint density at radius 3 is 2.33 bits per heavy atom. The Morgan fingerprint density at radius 1 is 1.12 bits per heavy atom. The summed E-state index contributed by atoms with van der Waals surface area (Å²) in [5, 5.41) is 23.2. The van der Waals surface area contributed by atoms with Gasteiger partial charge in [-0.2, -0.15) is 5.48 Å². The van der Waals surface area contributed by atoms with Gasteiger partial charge >= 0.3 is 18.1 Å². The second kappa shape index (κ2) is 17.2. The highest BCUT2D eigenvalue weighted by molar-refractivity contribution is 6.02. The van der Waals surface area contributed by atoms with Crippen LogP contribution in [0.15, 0.2) is 24.3 Å². The first kappa shape index (κ1) is 33.6. The molecule has 0 bridgehead atoms. The van der Waals surface area contributed by atoms with Crippen molar-refractivity contribution in [3.63, 3.8) is 0 Å². The number of nitrogens with zero attached hydrogens (tertiary/aromatic N) is 2. The maximum Gasteiger partial charge on any atom is 0.431 e. The predicted molar refractivity (Wildman–Crippen MR) is 146 cm³/mol. The molecule has 1 aliphatic rings. The number of carbonyl (C=O) groups is 5. The Hall–Kier alpha value is -4.40. The van der Waals surface area contributed by atoms with E-state index >= 15 is 0 Å². The molecule has 40 heavy (non-hydrogen) atoms. The SMILES string of the molecule is CC(=O)O.CC(C)OC(=O)CCNC(=O)N[C@H]1CCN(c2ccc(C(=N)NOC(=O)NCCN(C)C)cc2)C1=O. The molecule has 1 aromatic rings. The number of amides is 4. The molecule has 1 aliphatic heterocycles. The second-order valence-electron chi connectivity index (χ2n) is 9.18. The van der Waals surface area contributed by atoms with Gasteiger partial charge in [0.2, 0.25) is 5.91 Å². The van der Waals surface area contributed by atoms with E-state index in [0.717, 1.165) is 6.92 Å². The van der Waals surface area contributed by atoms with Crippen molar-refractivity contribution in [1.29, 1.82) is 5.41 Å². The number of carbonyl (C=O) groups excluding carboxylic acids is 4. The number of hydroxylamine groups is 1. The van der Waals surface area contributed by atoms with Gasteiger partial charge in [-0.15, -0.1) is 0 Å². The maximum absolute atomic E-state index is 12.8. The lowest BCUT2D eigenvalue weighted by molar-refractivity contribution is -0.147. The molecule has 1 heterocycles. The fraction of sp³-hybridized carbons (Fsp3) is 0.520. The number of anilines is 1. The van der Waals surface area contributed by atoms with Gasteiger partial charge in [0.05, 0.1) is 12.5 Å². The van der Waals surface area contributed by atoms with Crippen molar-refractivity contribution >= 4 is 41.5 Å². The molecule has 6 N–H and O–H groups in total. The minimum absolute atomic E-state index is 0.0404. The molecule has 0 spiro atoms. The summed E-state index contributed by atoms with van der Waals surface area (Å²) in [5.41, 5.74) is 3.36. The van der Waals surface area contributed by atoms with Crippen LogP contribution in [0.2, 0.25) is 0 Å². The monoisotopic (exact) mass is 565 g/mol. The second-order valence-corrected chi connectivity index (χ2v) is 9.18. The van der Waals surface area contributed by atoms with E-state index < -0.39 is 30.1 Å². The number of benzene rings is 1. The van der Waals surface area contributed by atoms with Crippen LogP contribution in [0.5, 0.6) is 0 Å². The van der Waals surface area contributed by atoms with Crippen LogP contribution in [-0.2, 0) is 24.0 Å². The molecule has 1 aromatic carbocycles. The standard InChI is InChI=1S/C23H35N7O6.C2H4O2/c1-15(2)35-19(31)9-11-25-22(33)27-18-10-13-30(21(18)32)17-7-5-16(6-8-17)20(24)28-36-23(34)26-12-14-29(3)4;1-2(3)4/h5-8,15,18H,9-14H2,1-4H3,(H2,24,28)(H,26,34)(H2,25,27,33);1H3,(H,3,4)/t18-;/m0./s1. The summed E-state index contributed by atoms with van der Waals surface area (Å²) < 4.78 is 5.00. The van der Waals surface area contributed by atoms with Crippen molar-refractivity contribution in [2.45, 2.75) is 45.8 Å². The third-order valence-corrected chi connectivity index (χ3v) is 5.03. The zero-order valence-corrected chi connectivity index (χ0v) is 23.4. The molecule has 1 saturated heterocycles. The number of ether oxygens (including phenoxy) is 1. The van der Waals surface area contributed by atoms with Crippen LogP contribution in [0.3, 0.4) is 0 Å². The molecule has 0 radical (unpaired) electrons. The summed E-state index contributed by atoms with van der Waals surface area (Å²) in [7, 11) is 3.76. The van der Waals surface area contributed by atoms with E-state index in [1.165, 1.54) is 0 Å². The number of carboxylic acid groups (broad SMARTS) is 1. The summed E-state index contributed by atoms with van der Waals surface area (Å²) in [6, 6.07) is 5.36. The van der Waals surface area contributed by atoms with E-state index in [0.29, 0.717) is 37.3 Å². The first-order valence-electron chi connectivity index (χ1n) is 12.6. The largest absolute Gasteiger partial charge is 0.481 e. The average Bonchev–Trinajstić information content (AvgIpc) is 3.21. The zero-order chi connectivity index (χ0) is 30.2. The van der Waals surface area contributed by atoms with E-state index in [9.17, 15) is 19.2 Å². The first-order chi connectivity index (χ1) is 18.8. The number of amidine groups is 1. The van der Waals surface area contributed by atoms with Gasteiger partial charge in [-0.25, -0.2) is 9.59 Å². The molecule has 0 saturated carbocycles. The normalized spacial score (nSPS) is 14.1. The summed E-state index contributed by atoms with van der Waals surface area (Å²) in [6.07, 6.45) is -0.447. The first-order valence-corrected chi connectivity index (χ1v) is 12.6. The van der Waals surface area contributed by atoms with Crippen molar-refractivity contribution in [2.24, 2.45) is 0 Å². The van der Waals surface area contributed by atoms with Crippen molar-refractivity contribution in [2.75, 3.05) is 45.2 Å². The predicted octanol–water partition coefficient (Wildman–Crippen LogP) is 0.641. The number of hydrogen-bond acceptors (Lipinski definition) is 9. The Labute approximate surface area is 233 Å². The van der Waals surface area contributed by atoms with Crippen molar-refractivity contribution in [3.05, 3.63) is 29.8 Å². The molecule has 0 unspecified atom stereocenters. The highest BCUT2D eigenvalue weighted by Crippen LogP contribution is 2.22. The van der Waals surface area contributed by atoms with Crippen LogP contribution in [0.25, 0.3) is 0 Å². The molecule has 15 heteroatoms. The van der Waals surface area contributed by atoms with Gasteiger partial charge in [0, 0.05) is 44.4 Å². The van der Waals surface area contributed by atoms with Crippen LogP contribution in [0.1, 0.15) is 39.2 Å². The minimum atomic E-state index is -0.833. The molecule has 1 atom stereocenters.